The number of nitrogens with one attached hydrogen (secondary N) is 1. The molecule has 0 saturated carbocycles. The topological polar surface area (TPSA) is 38.0 Å². The van der Waals surface area contributed by atoms with E-state index in [9.17, 15) is 0 Å². The summed E-state index contributed by atoms with van der Waals surface area (Å²) in [7, 11) is 0. The van der Waals surface area contributed by atoms with Crippen molar-refractivity contribution in [2.24, 2.45) is 11.8 Å². The third-order valence-corrected chi connectivity index (χ3v) is 3.50. The summed E-state index contributed by atoms with van der Waals surface area (Å²) in [4.78, 5) is 0. The van der Waals surface area contributed by atoms with Crippen LogP contribution < -0.4 is 11.3 Å². The molecule has 0 bridgehead atoms. The summed E-state index contributed by atoms with van der Waals surface area (Å²) in [6.07, 6.45) is 2.24. The number of aryl methyl sites for hydroxylation is 1. The summed E-state index contributed by atoms with van der Waals surface area (Å²) in [5.74, 6) is 6.24. The summed E-state index contributed by atoms with van der Waals surface area (Å²) in [6.45, 7) is 6.47. The van der Waals surface area contributed by atoms with Crippen LogP contribution in [-0.2, 0) is 0 Å². The zero-order valence-corrected chi connectivity index (χ0v) is 11.0. The molecule has 1 unspecified atom stereocenters. The first-order valence-electron chi connectivity index (χ1n) is 5.86. The Morgan fingerprint density at radius 3 is 2.38 bits per heavy atom. The van der Waals surface area contributed by atoms with Crippen LogP contribution in [0.4, 0.5) is 0 Å². The molecule has 0 aromatic heterocycles. The Bertz CT molecular complexity index is 335. The van der Waals surface area contributed by atoms with Crippen molar-refractivity contribution in [1.82, 2.24) is 5.43 Å². The van der Waals surface area contributed by atoms with Gasteiger partial charge in [-0.15, -0.1) is 0 Å². The highest BCUT2D eigenvalue weighted by Crippen LogP contribution is 2.29. The maximum Gasteiger partial charge on any atom is 0.0490 e. The summed E-state index contributed by atoms with van der Waals surface area (Å²) >= 11 is 5.96. The van der Waals surface area contributed by atoms with Gasteiger partial charge in [0.25, 0.3) is 0 Å². The van der Waals surface area contributed by atoms with E-state index in [4.69, 9.17) is 17.4 Å². The van der Waals surface area contributed by atoms with Gasteiger partial charge in [-0.3, -0.25) is 11.3 Å². The Balaban J connectivity index is 3.03. The van der Waals surface area contributed by atoms with Gasteiger partial charge < -0.3 is 0 Å². The average molecular weight is 241 g/mol. The maximum absolute atomic E-state index is 5.96. The smallest absolute Gasteiger partial charge is 0.0490 e. The lowest BCUT2D eigenvalue weighted by Crippen LogP contribution is -2.33. The molecule has 0 aliphatic rings. The summed E-state index contributed by atoms with van der Waals surface area (Å²) < 4.78 is 0. The molecule has 0 heterocycles. The maximum atomic E-state index is 5.96. The molecule has 0 aliphatic carbocycles. The van der Waals surface area contributed by atoms with Gasteiger partial charge in [-0.05, 0) is 36.1 Å². The van der Waals surface area contributed by atoms with E-state index in [0.717, 1.165) is 17.9 Å². The van der Waals surface area contributed by atoms with E-state index in [1.54, 1.807) is 0 Å². The molecule has 0 spiro atoms. The van der Waals surface area contributed by atoms with Crippen molar-refractivity contribution in [2.75, 3.05) is 0 Å². The molecule has 3 N–H and O–H groups in total. The van der Waals surface area contributed by atoms with E-state index in [1.807, 2.05) is 12.1 Å². The molecule has 1 aromatic carbocycles. The van der Waals surface area contributed by atoms with Crippen LogP contribution in [0.3, 0.4) is 0 Å². The highest BCUT2D eigenvalue weighted by molar-refractivity contribution is 6.30. The van der Waals surface area contributed by atoms with Crippen molar-refractivity contribution in [3.8, 4) is 0 Å². The predicted molar refractivity (Wildman–Crippen MR) is 70.3 cm³/mol. The number of benzene rings is 1. The van der Waals surface area contributed by atoms with Gasteiger partial charge in [0.05, 0.1) is 0 Å². The fourth-order valence-electron chi connectivity index (χ4n) is 2.23. The molecule has 90 valence electrons. The minimum atomic E-state index is 0.215. The third kappa shape index (κ3) is 2.97. The Kier molecular flexibility index (Phi) is 5.26. The van der Waals surface area contributed by atoms with Gasteiger partial charge in [-0.1, -0.05) is 44.4 Å². The normalized spacial score (nSPS) is 13.1. The molecule has 2 nitrogen and oxygen atoms in total. The highest BCUT2D eigenvalue weighted by atomic mass is 35.5. The monoisotopic (exact) mass is 240 g/mol. The second-order valence-corrected chi connectivity index (χ2v) is 4.66. The minimum absolute atomic E-state index is 0.215. The quantitative estimate of drug-likeness (QED) is 0.610. The Labute approximate surface area is 103 Å². The van der Waals surface area contributed by atoms with Gasteiger partial charge in [0.15, 0.2) is 0 Å². The van der Waals surface area contributed by atoms with Crippen LogP contribution in [0.25, 0.3) is 0 Å². The van der Waals surface area contributed by atoms with Gasteiger partial charge in [-0.25, -0.2) is 0 Å². The molecule has 0 radical (unpaired) electrons. The molecule has 0 saturated heterocycles. The van der Waals surface area contributed by atoms with E-state index in [0.29, 0.717) is 5.92 Å². The van der Waals surface area contributed by atoms with Crippen LogP contribution in [0, 0.1) is 12.8 Å². The van der Waals surface area contributed by atoms with Crippen molar-refractivity contribution in [1.29, 1.82) is 0 Å². The fraction of sp³-hybridized carbons (Fsp3) is 0.538. The van der Waals surface area contributed by atoms with Gasteiger partial charge in [-0.2, -0.15) is 0 Å². The lowest BCUT2D eigenvalue weighted by molar-refractivity contribution is 0.344. The first-order valence-corrected chi connectivity index (χ1v) is 6.24. The molecule has 1 aromatic rings. The molecule has 3 heteroatoms. The molecular weight excluding hydrogens is 220 g/mol. The molecule has 0 amide bonds. The van der Waals surface area contributed by atoms with Crippen LogP contribution in [0.15, 0.2) is 18.2 Å². The number of hydrogen-bond donors (Lipinski definition) is 2. The van der Waals surface area contributed by atoms with Gasteiger partial charge in [0.1, 0.15) is 0 Å². The van der Waals surface area contributed by atoms with E-state index in [1.165, 1.54) is 11.1 Å². The predicted octanol–water partition coefficient (Wildman–Crippen LogP) is 3.59. The zero-order valence-electron chi connectivity index (χ0n) is 10.3. The van der Waals surface area contributed by atoms with Crippen LogP contribution in [-0.4, -0.2) is 0 Å². The van der Waals surface area contributed by atoms with Crippen LogP contribution in [0.2, 0.25) is 5.02 Å². The molecule has 1 atom stereocenters. The van der Waals surface area contributed by atoms with Crippen molar-refractivity contribution in [3.63, 3.8) is 0 Å². The zero-order chi connectivity index (χ0) is 12.1. The van der Waals surface area contributed by atoms with Crippen molar-refractivity contribution >= 4 is 11.6 Å². The van der Waals surface area contributed by atoms with Crippen molar-refractivity contribution < 1.29 is 0 Å². The first-order chi connectivity index (χ1) is 7.63. The highest BCUT2D eigenvalue weighted by Gasteiger charge is 2.20. The number of rotatable bonds is 5. The largest absolute Gasteiger partial charge is 0.271 e. The van der Waals surface area contributed by atoms with Gasteiger partial charge >= 0.3 is 0 Å². The van der Waals surface area contributed by atoms with E-state index in [2.05, 4.69) is 32.3 Å². The molecule has 1 rings (SSSR count). The van der Waals surface area contributed by atoms with Crippen LogP contribution in [0.5, 0.6) is 0 Å². The van der Waals surface area contributed by atoms with Crippen LogP contribution in [0.1, 0.15) is 43.9 Å². The summed E-state index contributed by atoms with van der Waals surface area (Å²) in [6, 6.07) is 6.20. The first kappa shape index (κ1) is 13.5. The molecule has 0 aliphatic heterocycles. The second kappa shape index (κ2) is 6.24. The lowest BCUT2D eigenvalue weighted by atomic mass is 9.87. The van der Waals surface area contributed by atoms with Gasteiger partial charge in [0.2, 0.25) is 0 Å². The van der Waals surface area contributed by atoms with Crippen molar-refractivity contribution in [2.45, 2.75) is 39.7 Å². The molecule has 0 fully saturated rings. The molecule has 16 heavy (non-hydrogen) atoms. The summed E-state index contributed by atoms with van der Waals surface area (Å²) in [5, 5.41) is 0.779. The number of hydrazine groups is 1. The second-order valence-electron chi connectivity index (χ2n) is 4.22. The Morgan fingerprint density at radius 2 is 1.94 bits per heavy atom. The third-order valence-electron chi connectivity index (χ3n) is 3.27. The van der Waals surface area contributed by atoms with E-state index in [-0.39, 0.29) is 6.04 Å². The van der Waals surface area contributed by atoms with E-state index >= 15 is 0 Å². The minimum Gasteiger partial charge on any atom is -0.271 e. The number of halogens is 1. The standard InChI is InChI=1S/C13H21ClN2/c1-4-10(5-2)13(16-15)12-7-6-11(14)8-9(12)3/h6-8,10,13,16H,4-5,15H2,1-3H3. The van der Waals surface area contributed by atoms with Gasteiger partial charge in [0, 0.05) is 11.1 Å². The van der Waals surface area contributed by atoms with Crippen LogP contribution >= 0.6 is 11.6 Å². The number of hydrogen-bond acceptors (Lipinski definition) is 2. The summed E-state index contributed by atoms with van der Waals surface area (Å²) in [5.41, 5.74) is 5.38. The fourth-order valence-corrected chi connectivity index (χ4v) is 2.45. The average Bonchev–Trinajstić information content (AvgIpc) is 2.27. The lowest BCUT2D eigenvalue weighted by Gasteiger charge is -2.26. The van der Waals surface area contributed by atoms with Crippen molar-refractivity contribution in [3.05, 3.63) is 34.3 Å². The Morgan fingerprint density at radius 1 is 1.31 bits per heavy atom. The number of nitrogens with two attached hydrogens (primary N) is 1. The molecular formula is C13H21ClN2. The Hall–Kier alpha value is -0.570. The SMILES string of the molecule is CCC(CC)C(NN)c1ccc(Cl)cc1C. The van der Waals surface area contributed by atoms with E-state index < -0.39 is 0 Å².